The van der Waals surface area contributed by atoms with Crippen LogP contribution in [-0.4, -0.2) is 10.2 Å². The molecule has 0 bridgehead atoms. The third kappa shape index (κ3) is 0.575. The summed E-state index contributed by atoms with van der Waals surface area (Å²) in [5.41, 5.74) is 0.351. The van der Waals surface area contributed by atoms with Gasteiger partial charge in [-0.2, -0.15) is 0 Å². The summed E-state index contributed by atoms with van der Waals surface area (Å²) in [4.78, 5) is 0. The van der Waals surface area contributed by atoms with Crippen molar-refractivity contribution in [1.82, 2.24) is 0 Å². The van der Waals surface area contributed by atoms with Gasteiger partial charge in [-0.1, -0.05) is 32.9 Å². The molecule has 1 aliphatic rings. The topological polar surface area (TPSA) is 0 Å². The molecule has 1 heteroatoms. The molecule has 0 unspecified atom stereocenters. The van der Waals surface area contributed by atoms with E-state index in [1.54, 1.807) is 0 Å². The van der Waals surface area contributed by atoms with E-state index in [4.69, 9.17) is 0 Å². The third-order valence-electron chi connectivity index (χ3n) is 2.17. The molecule has 0 saturated heterocycles. The van der Waals surface area contributed by atoms with E-state index < -0.39 is 0 Å². The lowest BCUT2D eigenvalue weighted by Crippen LogP contribution is -2.32. The van der Waals surface area contributed by atoms with Gasteiger partial charge in [-0.05, 0) is 10.5 Å². The van der Waals surface area contributed by atoms with Crippen LogP contribution >= 0.6 is 0 Å². The minimum atomic E-state index is 0.243. The summed E-state index contributed by atoms with van der Waals surface area (Å²) in [6, 6.07) is 0. The van der Waals surface area contributed by atoms with Gasteiger partial charge in [0.15, 0.2) is 0 Å². The Morgan fingerprint density at radius 3 is 1.50 bits per heavy atom. The Labute approximate surface area is 54.4 Å². The molecule has 1 rings (SSSR count). The van der Waals surface area contributed by atoms with Crippen LogP contribution in [0, 0.1) is 5.41 Å². The van der Waals surface area contributed by atoms with Gasteiger partial charge in [0.1, 0.15) is 0 Å². The molecular weight excluding hydrogens is 112 g/mol. The van der Waals surface area contributed by atoms with E-state index in [0.29, 0.717) is 5.41 Å². The van der Waals surface area contributed by atoms with Crippen LogP contribution in [0.25, 0.3) is 0 Å². The quantitative estimate of drug-likeness (QED) is 0.341. The standard InChI is InChI=1S/C7H11Si/c1-6(2)4-5-7(6,3)8/h4-5H,1-3H3/t7-/m0/s1. The Morgan fingerprint density at radius 1 is 1.12 bits per heavy atom. The van der Waals surface area contributed by atoms with E-state index in [9.17, 15) is 0 Å². The van der Waals surface area contributed by atoms with Crippen molar-refractivity contribution in [1.29, 1.82) is 0 Å². The average Bonchev–Trinajstić information content (AvgIpc) is 1.64. The first-order valence-corrected chi connectivity index (χ1v) is 3.41. The smallest absolute Gasteiger partial charge is 0.0377 e. The van der Waals surface area contributed by atoms with Crippen molar-refractivity contribution in [2.45, 2.75) is 25.8 Å². The van der Waals surface area contributed by atoms with E-state index in [2.05, 4.69) is 43.2 Å². The zero-order valence-corrected chi connectivity index (χ0v) is 6.65. The van der Waals surface area contributed by atoms with Crippen molar-refractivity contribution in [2.75, 3.05) is 0 Å². The summed E-state index contributed by atoms with van der Waals surface area (Å²) in [6.07, 6.45) is 4.41. The summed E-state index contributed by atoms with van der Waals surface area (Å²) < 4.78 is 0. The maximum atomic E-state index is 3.65. The molecule has 0 aromatic heterocycles. The van der Waals surface area contributed by atoms with Crippen LogP contribution in [0.15, 0.2) is 12.2 Å². The van der Waals surface area contributed by atoms with Crippen LogP contribution in [0.2, 0.25) is 5.04 Å². The summed E-state index contributed by atoms with van der Waals surface area (Å²) >= 11 is 0. The molecule has 0 fully saturated rings. The van der Waals surface area contributed by atoms with Crippen LogP contribution in [0.3, 0.4) is 0 Å². The van der Waals surface area contributed by atoms with Crippen molar-refractivity contribution < 1.29 is 0 Å². The fourth-order valence-corrected chi connectivity index (χ4v) is 0.833. The first kappa shape index (κ1) is 6.08. The number of rotatable bonds is 0. The van der Waals surface area contributed by atoms with E-state index in [0.717, 1.165) is 0 Å². The molecule has 0 heterocycles. The first-order chi connectivity index (χ1) is 3.46. The molecule has 0 N–H and O–H groups in total. The lowest BCUT2D eigenvalue weighted by Gasteiger charge is -2.45. The van der Waals surface area contributed by atoms with Crippen molar-refractivity contribution in [2.24, 2.45) is 5.41 Å². The third-order valence-corrected chi connectivity index (χ3v) is 2.98. The van der Waals surface area contributed by atoms with Gasteiger partial charge in [-0.3, -0.25) is 0 Å². The zero-order valence-electron chi connectivity index (χ0n) is 5.65. The second-order valence-electron chi connectivity index (χ2n) is 3.26. The summed E-state index contributed by atoms with van der Waals surface area (Å²) in [7, 11) is 3.65. The minimum absolute atomic E-state index is 0.243. The Bertz CT molecular complexity index is 115. The lowest BCUT2D eigenvalue weighted by molar-refractivity contribution is 0.340. The molecule has 0 saturated carbocycles. The Balaban J connectivity index is 2.82. The van der Waals surface area contributed by atoms with Crippen LogP contribution in [0.1, 0.15) is 20.8 Å². The van der Waals surface area contributed by atoms with E-state index in [1.165, 1.54) is 0 Å². The molecule has 0 spiro atoms. The number of allylic oxidation sites excluding steroid dienone is 2. The van der Waals surface area contributed by atoms with Crippen LogP contribution in [0.5, 0.6) is 0 Å². The molecule has 0 amide bonds. The summed E-state index contributed by atoms with van der Waals surface area (Å²) in [6.45, 7) is 6.63. The predicted molar refractivity (Wildman–Crippen MR) is 37.0 cm³/mol. The van der Waals surface area contributed by atoms with Crippen molar-refractivity contribution >= 4 is 10.2 Å². The highest BCUT2D eigenvalue weighted by molar-refractivity contribution is 6.18. The van der Waals surface area contributed by atoms with Gasteiger partial charge in [0.05, 0.1) is 0 Å². The second-order valence-corrected chi connectivity index (χ2v) is 4.30. The van der Waals surface area contributed by atoms with Crippen LogP contribution in [0.4, 0.5) is 0 Å². The molecule has 8 heavy (non-hydrogen) atoms. The predicted octanol–water partition coefficient (Wildman–Crippen LogP) is 1.93. The van der Waals surface area contributed by atoms with Gasteiger partial charge < -0.3 is 0 Å². The molecule has 1 aliphatic carbocycles. The fourth-order valence-electron chi connectivity index (χ4n) is 0.667. The molecule has 0 aromatic carbocycles. The fraction of sp³-hybridized carbons (Fsp3) is 0.714. The largest absolute Gasteiger partial charge is 0.0847 e. The van der Waals surface area contributed by atoms with E-state index >= 15 is 0 Å². The van der Waals surface area contributed by atoms with E-state index in [1.807, 2.05) is 0 Å². The molecular formula is C7H11Si. The highest BCUT2D eigenvalue weighted by atomic mass is 28.1. The minimum Gasteiger partial charge on any atom is -0.0847 e. The van der Waals surface area contributed by atoms with Crippen molar-refractivity contribution in [3.05, 3.63) is 12.2 Å². The lowest BCUT2D eigenvalue weighted by atomic mass is 9.70. The summed E-state index contributed by atoms with van der Waals surface area (Å²) in [5, 5.41) is 0.243. The van der Waals surface area contributed by atoms with Crippen LogP contribution in [-0.2, 0) is 0 Å². The molecule has 0 nitrogen and oxygen atoms in total. The van der Waals surface area contributed by atoms with Gasteiger partial charge in [0.25, 0.3) is 0 Å². The number of hydrogen-bond acceptors (Lipinski definition) is 0. The van der Waals surface area contributed by atoms with Gasteiger partial charge in [-0.25, -0.2) is 0 Å². The van der Waals surface area contributed by atoms with Crippen molar-refractivity contribution in [3.63, 3.8) is 0 Å². The Hall–Kier alpha value is -0.0431. The molecule has 43 valence electrons. The molecule has 0 aliphatic heterocycles. The normalized spacial score (nSPS) is 41.5. The van der Waals surface area contributed by atoms with Gasteiger partial charge in [-0.15, -0.1) is 0 Å². The molecule has 0 aromatic rings. The Kier molecular flexibility index (Phi) is 0.964. The maximum Gasteiger partial charge on any atom is 0.0377 e. The molecule has 3 radical (unpaired) electrons. The van der Waals surface area contributed by atoms with Gasteiger partial charge in [0.2, 0.25) is 0 Å². The first-order valence-electron chi connectivity index (χ1n) is 2.91. The average molecular weight is 123 g/mol. The van der Waals surface area contributed by atoms with E-state index in [-0.39, 0.29) is 5.04 Å². The van der Waals surface area contributed by atoms with Gasteiger partial charge in [0, 0.05) is 10.2 Å². The van der Waals surface area contributed by atoms with Gasteiger partial charge >= 0.3 is 0 Å². The Morgan fingerprint density at radius 2 is 1.50 bits per heavy atom. The number of hydrogen-bond donors (Lipinski definition) is 0. The second kappa shape index (κ2) is 1.27. The highest BCUT2D eigenvalue weighted by Crippen LogP contribution is 2.52. The van der Waals surface area contributed by atoms with Crippen LogP contribution < -0.4 is 0 Å². The maximum absolute atomic E-state index is 3.65. The highest BCUT2D eigenvalue weighted by Gasteiger charge is 2.39. The SMILES string of the molecule is CC1(C)C=C[C@]1(C)[Si]. The molecule has 1 atom stereocenters. The van der Waals surface area contributed by atoms with Crippen molar-refractivity contribution in [3.8, 4) is 0 Å². The zero-order chi connectivity index (χ0) is 6.41. The monoisotopic (exact) mass is 123 g/mol. The summed E-state index contributed by atoms with van der Waals surface area (Å²) in [5.74, 6) is 0.